The first-order chi connectivity index (χ1) is 14.4. The van der Waals surface area contributed by atoms with Gasteiger partial charge in [-0.3, -0.25) is 9.59 Å². The topological polar surface area (TPSA) is 58.6 Å². The standard InChI is InChI=1S/C23H26Cl2N2O3/c1-15(30-21-13-12-16(24)14-19(21)25)22(28)26-20-11-7-6-10-18(20)23(29)27(2)17-8-4-3-5-9-17/h6-7,10-15,17H,3-5,8-9H2,1-2H3,(H,26,28). The Morgan fingerprint density at radius 2 is 1.80 bits per heavy atom. The highest BCUT2D eigenvalue weighted by atomic mass is 35.5. The fourth-order valence-electron chi connectivity index (χ4n) is 3.65. The molecule has 1 aliphatic carbocycles. The third-order valence-corrected chi connectivity index (χ3v) is 5.96. The van der Waals surface area contributed by atoms with Crippen LogP contribution in [-0.2, 0) is 4.79 Å². The van der Waals surface area contributed by atoms with Gasteiger partial charge in [-0.15, -0.1) is 0 Å². The Bertz CT molecular complexity index is 913. The number of carbonyl (C=O) groups excluding carboxylic acids is 2. The zero-order chi connectivity index (χ0) is 21.7. The van der Waals surface area contributed by atoms with E-state index in [1.165, 1.54) is 6.42 Å². The zero-order valence-corrected chi connectivity index (χ0v) is 18.7. The van der Waals surface area contributed by atoms with Gasteiger partial charge in [0, 0.05) is 18.1 Å². The second-order valence-electron chi connectivity index (χ2n) is 7.58. The molecule has 0 saturated heterocycles. The van der Waals surface area contributed by atoms with Crippen molar-refractivity contribution in [1.29, 1.82) is 0 Å². The zero-order valence-electron chi connectivity index (χ0n) is 17.2. The van der Waals surface area contributed by atoms with Crippen molar-refractivity contribution in [2.24, 2.45) is 0 Å². The van der Waals surface area contributed by atoms with Crippen LogP contribution in [0.15, 0.2) is 42.5 Å². The van der Waals surface area contributed by atoms with Crippen molar-refractivity contribution in [3.8, 4) is 5.75 Å². The maximum absolute atomic E-state index is 13.1. The third-order valence-electron chi connectivity index (χ3n) is 5.43. The molecule has 0 radical (unpaired) electrons. The molecule has 0 spiro atoms. The summed E-state index contributed by atoms with van der Waals surface area (Å²) in [7, 11) is 1.84. The van der Waals surface area contributed by atoms with Gasteiger partial charge in [0.2, 0.25) is 0 Å². The average molecular weight is 449 g/mol. The molecule has 1 fully saturated rings. The molecule has 1 N–H and O–H groups in total. The summed E-state index contributed by atoms with van der Waals surface area (Å²) in [4.78, 5) is 27.6. The number of anilines is 1. The Morgan fingerprint density at radius 3 is 2.50 bits per heavy atom. The summed E-state index contributed by atoms with van der Waals surface area (Å²) in [5.41, 5.74) is 0.934. The van der Waals surface area contributed by atoms with Crippen molar-refractivity contribution in [2.45, 2.75) is 51.2 Å². The normalized spacial score (nSPS) is 15.3. The van der Waals surface area contributed by atoms with Crippen LogP contribution >= 0.6 is 23.2 Å². The van der Waals surface area contributed by atoms with E-state index in [9.17, 15) is 9.59 Å². The summed E-state index contributed by atoms with van der Waals surface area (Å²) in [5, 5.41) is 3.63. The molecule has 0 bridgehead atoms. The Labute approximate surface area is 187 Å². The molecule has 160 valence electrons. The van der Waals surface area contributed by atoms with E-state index in [-0.39, 0.29) is 17.9 Å². The first-order valence-corrected chi connectivity index (χ1v) is 10.9. The van der Waals surface area contributed by atoms with Gasteiger partial charge in [-0.1, -0.05) is 54.6 Å². The second kappa shape index (κ2) is 10.2. The molecule has 0 heterocycles. The Morgan fingerprint density at radius 1 is 1.10 bits per heavy atom. The monoisotopic (exact) mass is 448 g/mol. The molecule has 1 atom stereocenters. The Kier molecular flexibility index (Phi) is 7.62. The third kappa shape index (κ3) is 5.46. The van der Waals surface area contributed by atoms with Crippen molar-refractivity contribution in [1.82, 2.24) is 4.90 Å². The highest BCUT2D eigenvalue weighted by Crippen LogP contribution is 2.29. The second-order valence-corrected chi connectivity index (χ2v) is 8.42. The van der Waals surface area contributed by atoms with Gasteiger partial charge < -0.3 is 15.0 Å². The fourth-order valence-corrected chi connectivity index (χ4v) is 4.10. The van der Waals surface area contributed by atoms with Gasteiger partial charge in [0.25, 0.3) is 11.8 Å². The molecule has 7 heteroatoms. The molecule has 2 amide bonds. The minimum absolute atomic E-state index is 0.0906. The number of nitrogens with zero attached hydrogens (tertiary/aromatic N) is 1. The van der Waals surface area contributed by atoms with E-state index in [1.54, 1.807) is 54.3 Å². The minimum atomic E-state index is -0.817. The van der Waals surface area contributed by atoms with Crippen molar-refractivity contribution >= 4 is 40.7 Å². The molecule has 0 aromatic heterocycles. The molecule has 3 rings (SSSR count). The minimum Gasteiger partial charge on any atom is -0.479 e. The fraction of sp³-hybridized carbons (Fsp3) is 0.391. The molecule has 2 aromatic rings. The van der Waals surface area contributed by atoms with E-state index < -0.39 is 6.10 Å². The summed E-state index contributed by atoms with van der Waals surface area (Å²) in [6, 6.07) is 12.1. The van der Waals surface area contributed by atoms with Gasteiger partial charge >= 0.3 is 0 Å². The maximum atomic E-state index is 13.1. The van der Waals surface area contributed by atoms with Crippen LogP contribution in [0.25, 0.3) is 0 Å². The number of hydrogen-bond acceptors (Lipinski definition) is 3. The lowest BCUT2D eigenvalue weighted by molar-refractivity contribution is -0.122. The molecule has 1 unspecified atom stereocenters. The van der Waals surface area contributed by atoms with Crippen molar-refractivity contribution in [3.05, 3.63) is 58.1 Å². The smallest absolute Gasteiger partial charge is 0.265 e. The highest BCUT2D eigenvalue weighted by molar-refractivity contribution is 6.35. The number of para-hydroxylation sites is 1. The van der Waals surface area contributed by atoms with Gasteiger partial charge in [0.1, 0.15) is 5.75 Å². The lowest BCUT2D eigenvalue weighted by atomic mass is 9.94. The first-order valence-electron chi connectivity index (χ1n) is 10.2. The van der Waals surface area contributed by atoms with Crippen LogP contribution in [-0.4, -0.2) is 35.9 Å². The van der Waals surface area contributed by atoms with Gasteiger partial charge in [-0.25, -0.2) is 0 Å². The number of rotatable bonds is 6. The van der Waals surface area contributed by atoms with Crippen molar-refractivity contribution in [2.75, 3.05) is 12.4 Å². The van der Waals surface area contributed by atoms with E-state index in [2.05, 4.69) is 5.32 Å². The quantitative estimate of drug-likeness (QED) is 0.606. The molecule has 30 heavy (non-hydrogen) atoms. The lowest BCUT2D eigenvalue weighted by Gasteiger charge is -2.31. The number of nitrogens with one attached hydrogen (secondary N) is 1. The van der Waals surface area contributed by atoms with E-state index in [0.717, 1.165) is 25.7 Å². The number of hydrogen-bond donors (Lipinski definition) is 1. The highest BCUT2D eigenvalue weighted by Gasteiger charge is 2.25. The number of halogens is 2. The van der Waals surface area contributed by atoms with Gasteiger partial charge in [-0.05, 0) is 50.1 Å². The van der Waals surface area contributed by atoms with Crippen LogP contribution in [0.1, 0.15) is 49.4 Å². The van der Waals surface area contributed by atoms with Crippen LogP contribution in [0, 0.1) is 0 Å². The van der Waals surface area contributed by atoms with Crippen LogP contribution in [0.4, 0.5) is 5.69 Å². The summed E-state index contributed by atoms with van der Waals surface area (Å²) < 4.78 is 5.68. The van der Waals surface area contributed by atoms with Crippen LogP contribution in [0.2, 0.25) is 10.0 Å². The largest absolute Gasteiger partial charge is 0.479 e. The molecular weight excluding hydrogens is 423 g/mol. The molecular formula is C23H26Cl2N2O3. The number of ether oxygens (including phenoxy) is 1. The molecule has 5 nitrogen and oxygen atoms in total. The predicted molar refractivity (Wildman–Crippen MR) is 121 cm³/mol. The van der Waals surface area contributed by atoms with E-state index >= 15 is 0 Å². The van der Waals surface area contributed by atoms with Crippen LogP contribution in [0.3, 0.4) is 0 Å². The summed E-state index contributed by atoms with van der Waals surface area (Å²) >= 11 is 12.0. The van der Waals surface area contributed by atoms with Crippen LogP contribution < -0.4 is 10.1 Å². The van der Waals surface area contributed by atoms with Gasteiger partial charge in [0.05, 0.1) is 16.3 Å². The lowest BCUT2D eigenvalue weighted by Crippen LogP contribution is -2.39. The summed E-state index contributed by atoms with van der Waals surface area (Å²) in [6.45, 7) is 1.62. The predicted octanol–water partition coefficient (Wildman–Crippen LogP) is 5.80. The summed E-state index contributed by atoms with van der Waals surface area (Å²) in [5.74, 6) is -0.0983. The van der Waals surface area contributed by atoms with Crippen molar-refractivity contribution in [3.63, 3.8) is 0 Å². The van der Waals surface area contributed by atoms with E-state index in [0.29, 0.717) is 27.0 Å². The number of benzene rings is 2. The number of amides is 2. The SMILES string of the molecule is CC(Oc1ccc(Cl)cc1Cl)C(=O)Nc1ccccc1C(=O)N(C)C1CCCCC1. The first kappa shape index (κ1) is 22.4. The average Bonchev–Trinajstić information content (AvgIpc) is 2.75. The van der Waals surface area contributed by atoms with Gasteiger partial charge in [0.15, 0.2) is 6.10 Å². The van der Waals surface area contributed by atoms with E-state index in [1.807, 2.05) is 7.05 Å². The van der Waals surface area contributed by atoms with Gasteiger partial charge in [-0.2, -0.15) is 0 Å². The summed E-state index contributed by atoms with van der Waals surface area (Å²) in [6.07, 6.45) is 4.72. The molecule has 2 aromatic carbocycles. The maximum Gasteiger partial charge on any atom is 0.265 e. The molecule has 1 aliphatic rings. The molecule has 0 aliphatic heterocycles. The number of carbonyl (C=O) groups is 2. The van der Waals surface area contributed by atoms with E-state index in [4.69, 9.17) is 27.9 Å². The Balaban J connectivity index is 1.70. The molecule has 1 saturated carbocycles. The van der Waals surface area contributed by atoms with Crippen LogP contribution in [0.5, 0.6) is 5.75 Å². The van der Waals surface area contributed by atoms with Crippen molar-refractivity contribution < 1.29 is 14.3 Å². The Hall–Kier alpha value is -2.24.